The molecular weight excluding hydrogens is 237 g/mol. The van der Waals surface area contributed by atoms with Gasteiger partial charge in [-0.2, -0.15) is 0 Å². The number of hydrogen-bond acceptors (Lipinski definition) is 4. The average molecular weight is 251 g/mol. The topological polar surface area (TPSA) is 60.8 Å². The van der Waals surface area contributed by atoms with Crippen molar-refractivity contribution < 1.29 is 19.4 Å². The number of ketones is 1. The molecule has 0 radical (unpaired) electrons. The highest BCUT2D eigenvalue weighted by Crippen LogP contribution is 2.26. The molecule has 1 unspecified atom stereocenters. The Hall–Kier alpha value is -1.72. The number of carbonyl (C=O) groups is 1. The smallest absolute Gasteiger partial charge is 0.175 e. The number of carbonyl (C=O) groups excluding carboxylic acids is 1. The summed E-state index contributed by atoms with van der Waals surface area (Å²) in [6, 6.07) is 5.96. The van der Waals surface area contributed by atoms with E-state index in [4.69, 9.17) is 5.11 Å². The van der Waals surface area contributed by atoms with Gasteiger partial charge < -0.3 is 15.1 Å². The number of anilines is 1. The summed E-state index contributed by atoms with van der Waals surface area (Å²) < 4.78 is 13.7. The molecule has 1 aliphatic rings. The van der Waals surface area contributed by atoms with Crippen LogP contribution in [0.2, 0.25) is 0 Å². The maximum absolute atomic E-state index is 13.7. The number of halogens is 1. The number of hydrogen-bond donors (Lipinski definition) is 2. The lowest BCUT2D eigenvalue weighted by atomic mass is 10.0. The zero-order valence-corrected chi connectivity index (χ0v) is 9.71. The summed E-state index contributed by atoms with van der Waals surface area (Å²) in [5.41, 5.74) is 0.582. The van der Waals surface area contributed by atoms with E-state index in [1.807, 2.05) is 0 Å². The van der Waals surface area contributed by atoms with Crippen LogP contribution >= 0.6 is 0 Å². The van der Waals surface area contributed by atoms with Crippen molar-refractivity contribution in [1.29, 1.82) is 0 Å². The van der Waals surface area contributed by atoms with Crippen LogP contribution in [0, 0.1) is 5.82 Å². The molecule has 1 aromatic carbocycles. The van der Waals surface area contributed by atoms with Gasteiger partial charge in [-0.15, -0.1) is 0 Å². The number of benzene rings is 1. The fourth-order valence-corrected chi connectivity index (χ4v) is 2.01. The number of aliphatic hydroxyl groups is 2. The lowest BCUT2D eigenvalue weighted by Gasteiger charge is -2.34. The molecule has 1 aliphatic heterocycles. The van der Waals surface area contributed by atoms with Crippen LogP contribution in [0.5, 0.6) is 0 Å². The molecule has 1 heterocycles. The summed E-state index contributed by atoms with van der Waals surface area (Å²) in [7, 11) is 0. The molecule has 0 spiro atoms. The second kappa shape index (κ2) is 5.29. The van der Waals surface area contributed by atoms with Gasteiger partial charge in [0, 0.05) is 6.61 Å². The zero-order chi connectivity index (χ0) is 13.1. The van der Waals surface area contributed by atoms with Gasteiger partial charge in [0.15, 0.2) is 5.78 Å². The monoisotopic (exact) mass is 251 g/mol. The van der Waals surface area contributed by atoms with Crippen LogP contribution in [-0.2, 0) is 4.79 Å². The third-order valence-electron chi connectivity index (χ3n) is 2.86. The summed E-state index contributed by atoms with van der Waals surface area (Å²) in [6.07, 6.45) is 0.433. The fourth-order valence-electron chi connectivity index (χ4n) is 2.01. The van der Waals surface area contributed by atoms with E-state index < -0.39 is 12.0 Å². The van der Waals surface area contributed by atoms with Gasteiger partial charge >= 0.3 is 0 Å². The molecule has 2 rings (SSSR count). The quantitative estimate of drug-likeness (QED) is 0.835. The molecular formula is C13H14FNO3. The minimum absolute atomic E-state index is 0.0724. The van der Waals surface area contributed by atoms with Crippen molar-refractivity contribution in [3.8, 4) is 0 Å². The number of rotatable bonds is 3. The van der Waals surface area contributed by atoms with Crippen molar-refractivity contribution in [2.75, 3.05) is 18.1 Å². The van der Waals surface area contributed by atoms with E-state index in [9.17, 15) is 14.3 Å². The highest BCUT2D eigenvalue weighted by molar-refractivity contribution is 5.96. The van der Waals surface area contributed by atoms with Gasteiger partial charge in [-0.1, -0.05) is 12.1 Å². The van der Waals surface area contributed by atoms with Crippen molar-refractivity contribution in [1.82, 2.24) is 0 Å². The summed E-state index contributed by atoms with van der Waals surface area (Å²) >= 11 is 0. The Morgan fingerprint density at radius 2 is 2.11 bits per heavy atom. The first kappa shape index (κ1) is 12.7. The van der Waals surface area contributed by atoms with Crippen LogP contribution in [0.25, 0.3) is 0 Å². The second-order valence-corrected chi connectivity index (χ2v) is 4.11. The lowest BCUT2D eigenvalue weighted by molar-refractivity contribution is -0.114. The lowest BCUT2D eigenvalue weighted by Crippen LogP contribution is -2.44. The molecule has 0 aliphatic carbocycles. The second-order valence-electron chi connectivity index (χ2n) is 4.11. The van der Waals surface area contributed by atoms with Crippen molar-refractivity contribution in [2.24, 2.45) is 0 Å². The van der Waals surface area contributed by atoms with Crippen molar-refractivity contribution in [2.45, 2.75) is 12.6 Å². The zero-order valence-electron chi connectivity index (χ0n) is 9.71. The van der Waals surface area contributed by atoms with Crippen LogP contribution in [-0.4, -0.2) is 35.4 Å². The highest BCUT2D eigenvalue weighted by Gasteiger charge is 2.28. The Balaban J connectivity index is 2.33. The van der Waals surface area contributed by atoms with E-state index >= 15 is 0 Å². The maximum atomic E-state index is 13.7. The Kier molecular flexibility index (Phi) is 3.74. The largest absolute Gasteiger partial charge is 0.396 e. The van der Waals surface area contributed by atoms with Gasteiger partial charge in [-0.3, -0.25) is 4.79 Å². The number of aliphatic hydroxyl groups excluding tert-OH is 2. The molecule has 1 aromatic rings. The minimum Gasteiger partial charge on any atom is -0.396 e. The minimum atomic E-state index is -1.08. The van der Waals surface area contributed by atoms with Crippen molar-refractivity contribution in [3.63, 3.8) is 0 Å². The molecule has 0 fully saturated rings. The van der Waals surface area contributed by atoms with Gasteiger partial charge in [0.2, 0.25) is 0 Å². The first-order valence-electron chi connectivity index (χ1n) is 5.67. The molecule has 0 aromatic heterocycles. The maximum Gasteiger partial charge on any atom is 0.175 e. The van der Waals surface area contributed by atoms with Crippen LogP contribution < -0.4 is 4.90 Å². The third-order valence-corrected chi connectivity index (χ3v) is 2.86. The molecule has 18 heavy (non-hydrogen) atoms. The molecule has 96 valence electrons. The standard InChI is InChI=1S/C13H14FNO3/c14-11-3-1-2-4-12(11)15-8-10(17)7-9(5-6-16)13(15)18/h1-4,7,13,16,18H,5-6,8H2. The average Bonchev–Trinajstić information content (AvgIpc) is 2.34. The predicted molar refractivity (Wildman–Crippen MR) is 64.5 cm³/mol. The van der Waals surface area contributed by atoms with Gasteiger partial charge in [0.25, 0.3) is 0 Å². The predicted octanol–water partition coefficient (Wildman–Crippen LogP) is 0.842. The van der Waals surface area contributed by atoms with Crippen LogP contribution in [0.15, 0.2) is 35.9 Å². The van der Waals surface area contributed by atoms with Gasteiger partial charge in [-0.25, -0.2) is 4.39 Å². The Labute approximate surface area is 104 Å². The van der Waals surface area contributed by atoms with Gasteiger partial charge in [-0.05, 0) is 30.2 Å². The number of para-hydroxylation sites is 1. The SMILES string of the molecule is O=C1C=C(CCO)C(O)N(c2ccccc2F)C1. The summed E-state index contributed by atoms with van der Waals surface area (Å²) in [5, 5.41) is 19.0. The first-order valence-corrected chi connectivity index (χ1v) is 5.67. The third kappa shape index (κ3) is 2.42. The van der Waals surface area contributed by atoms with E-state index in [-0.39, 0.29) is 31.0 Å². The molecule has 4 nitrogen and oxygen atoms in total. The van der Waals surface area contributed by atoms with Crippen LogP contribution in [0.4, 0.5) is 10.1 Å². The van der Waals surface area contributed by atoms with Crippen LogP contribution in [0.1, 0.15) is 6.42 Å². The highest BCUT2D eigenvalue weighted by atomic mass is 19.1. The fraction of sp³-hybridized carbons (Fsp3) is 0.308. The van der Waals surface area contributed by atoms with Crippen molar-refractivity contribution >= 4 is 11.5 Å². The van der Waals surface area contributed by atoms with Gasteiger partial charge in [0.1, 0.15) is 12.0 Å². The number of nitrogens with zero attached hydrogens (tertiary/aromatic N) is 1. The Morgan fingerprint density at radius 1 is 1.39 bits per heavy atom. The molecule has 1 atom stereocenters. The molecule has 0 saturated carbocycles. The van der Waals surface area contributed by atoms with E-state index in [1.54, 1.807) is 12.1 Å². The Bertz CT molecular complexity index is 487. The van der Waals surface area contributed by atoms with E-state index in [0.29, 0.717) is 5.57 Å². The van der Waals surface area contributed by atoms with Crippen molar-refractivity contribution in [3.05, 3.63) is 41.7 Å². The van der Waals surface area contributed by atoms with E-state index in [0.717, 1.165) is 0 Å². The molecule has 0 amide bonds. The first-order chi connectivity index (χ1) is 8.63. The Morgan fingerprint density at radius 3 is 2.78 bits per heavy atom. The van der Waals surface area contributed by atoms with E-state index in [1.165, 1.54) is 23.1 Å². The molecule has 0 saturated heterocycles. The van der Waals surface area contributed by atoms with E-state index in [2.05, 4.69) is 0 Å². The van der Waals surface area contributed by atoms with Gasteiger partial charge in [0.05, 0.1) is 12.2 Å². The summed E-state index contributed by atoms with van der Waals surface area (Å²) in [6.45, 7) is -0.238. The molecule has 5 heteroatoms. The normalized spacial score (nSPS) is 19.9. The van der Waals surface area contributed by atoms with Crippen LogP contribution in [0.3, 0.4) is 0 Å². The molecule has 0 bridgehead atoms. The molecule has 2 N–H and O–H groups in total. The summed E-state index contributed by atoms with van der Waals surface area (Å²) in [5.74, 6) is -0.707. The summed E-state index contributed by atoms with van der Waals surface area (Å²) in [4.78, 5) is 12.8.